The van der Waals surface area contributed by atoms with Gasteiger partial charge in [0, 0.05) is 0 Å². The summed E-state index contributed by atoms with van der Waals surface area (Å²) < 4.78 is 48.8. The number of hydrogen-bond donors (Lipinski definition) is 1. The van der Waals surface area contributed by atoms with Crippen molar-refractivity contribution in [2.45, 2.75) is 18.7 Å². The van der Waals surface area contributed by atoms with E-state index < -0.39 is 11.7 Å². The van der Waals surface area contributed by atoms with E-state index in [0.717, 1.165) is 12.1 Å². The monoisotopic (exact) mass is 351 g/mol. The Morgan fingerprint density at radius 1 is 1.08 bits per heavy atom. The topological polar surface area (TPSA) is 47.6 Å². The highest BCUT2D eigenvalue weighted by molar-refractivity contribution is 5.78. The molecule has 2 aromatic carbocycles. The molecule has 2 aromatic rings. The Hall–Kier alpha value is -2.70. The van der Waals surface area contributed by atoms with Gasteiger partial charge in [-0.25, -0.2) is 0 Å². The summed E-state index contributed by atoms with van der Waals surface area (Å²) in [6.45, 7) is 0.575. The number of halogens is 3. The van der Waals surface area contributed by atoms with Gasteiger partial charge in [0.15, 0.2) is 11.5 Å². The van der Waals surface area contributed by atoms with E-state index in [9.17, 15) is 18.0 Å². The summed E-state index contributed by atoms with van der Waals surface area (Å²) >= 11 is 0. The van der Waals surface area contributed by atoms with Gasteiger partial charge in [-0.1, -0.05) is 24.3 Å². The summed E-state index contributed by atoms with van der Waals surface area (Å²) in [5.74, 6) is 0.993. The Kier molecular flexibility index (Phi) is 4.83. The number of nitrogens with one attached hydrogen (secondary N) is 1. The van der Waals surface area contributed by atoms with Crippen molar-refractivity contribution in [3.05, 3.63) is 59.7 Å². The fourth-order valence-corrected chi connectivity index (χ4v) is 2.45. The van der Waals surface area contributed by atoms with Crippen LogP contribution in [0.3, 0.4) is 0 Å². The number of benzene rings is 2. The van der Waals surface area contributed by atoms with Crippen molar-refractivity contribution in [1.29, 1.82) is 0 Å². The lowest BCUT2D eigenvalue weighted by molar-refractivity contribution is -0.137. The molecule has 0 aliphatic carbocycles. The Balaban J connectivity index is 1.49. The minimum atomic E-state index is -4.38. The number of amides is 1. The molecule has 1 amide bonds. The molecule has 25 heavy (non-hydrogen) atoms. The number of hydrogen-bond acceptors (Lipinski definition) is 3. The lowest BCUT2D eigenvalue weighted by Gasteiger charge is -2.26. The van der Waals surface area contributed by atoms with E-state index >= 15 is 0 Å². The predicted octanol–water partition coefficient (Wildman–Crippen LogP) is 3.20. The average molecular weight is 351 g/mol. The first-order valence-corrected chi connectivity index (χ1v) is 7.73. The molecule has 1 heterocycles. The Bertz CT molecular complexity index is 744. The van der Waals surface area contributed by atoms with Crippen LogP contribution in [-0.2, 0) is 17.4 Å². The highest BCUT2D eigenvalue weighted by Crippen LogP contribution is 2.31. The molecule has 1 atom stereocenters. The first-order chi connectivity index (χ1) is 11.9. The highest BCUT2D eigenvalue weighted by Gasteiger charge is 2.30. The van der Waals surface area contributed by atoms with Crippen LogP contribution in [0.15, 0.2) is 48.5 Å². The molecule has 0 bridgehead atoms. The number of rotatable bonds is 4. The molecule has 1 aliphatic rings. The fourth-order valence-electron chi connectivity index (χ4n) is 2.45. The number of fused-ring (bicyclic) bond motifs is 1. The van der Waals surface area contributed by atoms with E-state index in [1.165, 1.54) is 12.1 Å². The molecule has 1 N–H and O–H groups in total. The highest BCUT2D eigenvalue weighted by atomic mass is 19.4. The zero-order valence-corrected chi connectivity index (χ0v) is 13.2. The third-order valence-electron chi connectivity index (χ3n) is 3.74. The molecular formula is C18H16F3NO3. The second-order valence-corrected chi connectivity index (χ2v) is 5.67. The number of ether oxygens (including phenoxy) is 2. The lowest BCUT2D eigenvalue weighted by atomic mass is 10.1. The van der Waals surface area contributed by atoms with Crippen LogP contribution in [0.25, 0.3) is 0 Å². The quantitative estimate of drug-likeness (QED) is 0.920. The van der Waals surface area contributed by atoms with Crippen molar-refractivity contribution in [3.63, 3.8) is 0 Å². The molecule has 0 aromatic heterocycles. The van der Waals surface area contributed by atoms with Gasteiger partial charge in [-0.3, -0.25) is 4.79 Å². The minimum absolute atomic E-state index is 0.00228. The summed E-state index contributed by atoms with van der Waals surface area (Å²) in [6, 6.07) is 11.8. The van der Waals surface area contributed by atoms with Gasteiger partial charge in [-0.05, 0) is 29.8 Å². The fraction of sp³-hybridized carbons (Fsp3) is 0.278. The molecule has 0 radical (unpaired) electrons. The van der Waals surface area contributed by atoms with Crippen molar-refractivity contribution in [3.8, 4) is 11.5 Å². The molecule has 7 heteroatoms. The number of carbonyl (C=O) groups is 1. The predicted molar refractivity (Wildman–Crippen MR) is 84.5 cm³/mol. The SMILES string of the molecule is O=C(Cc1ccc(C(F)(F)F)cc1)NCC1COc2ccccc2O1. The molecule has 0 fully saturated rings. The van der Waals surface area contributed by atoms with Crippen LogP contribution in [0.5, 0.6) is 11.5 Å². The second-order valence-electron chi connectivity index (χ2n) is 5.67. The largest absolute Gasteiger partial charge is 0.486 e. The number of carbonyl (C=O) groups excluding carboxylic acids is 1. The van der Waals surface area contributed by atoms with Crippen LogP contribution in [-0.4, -0.2) is 25.2 Å². The Labute approximate surface area is 142 Å². The molecule has 1 aliphatic heterocycles. The van der Waals surface area contributed by atoms with Crippen LogP contribution < -0.4 is 14.8 Å². The molecule has 4 nitrogen and oxygen atoms in total. The summed E-state index contributed by atoms with van der Waals surface area (Å²) in [6.07, 6.45) is -4.69. The van der Waals surface area contributed by atoms with Crippen LogP contribution >= 0.6 is 0 Å². The van der Waals surface area contributed by atoms with E-state index in [2.05, 4.69) is 5.32 Å². The maximum Gasteiger partial charge on any atom is 0.416 e. The van der Waals surface area contributed by atoms with Gasteiger partial charge in [0.1, 0.15) is 12.7 Å². The van der Waals surface area contributed by atoms with Crippen molar-refractivity contribution >= 4 is 5.91 Å². The number of para-hydroxylation sites is 2. The maximum atomic E-state index is 12.5. The molecule has 1 unspecified atom stereocenters. The zero-order chi connectivity index (χ0) is 17.9. The van der Waals surface area contributed by atoms with Gasteiger partial charge >= 0.3 is 6.18 Å². The van der Waals surface area contributed by atoms with E-state index in [0.29, 0.717) is 23.7 Å². The van der Waals surface area contributed by atoms with Crippen molar-refractivity contribution < 1.29 is 27.4 Å². The van der Waals surface area contributed by atoms with Gasteiger partial charge in [0.25, 0.3) is 0 Å². The van der Waals surface area contributed by atoms with Crippen LogP contribution in [0.2, 0.25) is 0 Å². The number of alkyl halides is 3. The van der Waals surface area contributed by atoms with E-state index in [1.807, 2.05) is 12.1 Å². The third-order valence-corrected chi connectivity index (χ3v) is 3.74. The van der Waals surface area contributed by atoms with Gasteiger partial charge in [0.05, 0.1) is 18.5 Å². The second kappa shape index (κ2) is 7.04. The van der Waals surface area contributed by atoms with E-state index in [-0.39, 0.29) is 25.0 Å². The molecule has 0 spiro atoms. The third kappa shape index (κ3) is 4.43. The molecule has 132 valence electrons. The van der Waals surface area contributed by atoms with Crippen molar-refractivity contribution in [2.75, 3.05) is 13.2 Å². The first kappa shape index (κ1) is 17.1. The molecule has 0 saturated carbocycles. The van der Waals surface area contributed by atoms with Crippen LogP contribution in [0.4, 0.5) is 13.2 Å². The Morgan fingerprint density at radius 2 is 1.76 bits per heavy atom. The molecular weight excluding hydrogens is 335 g/mol. The van der Waals surface area contributed by atoms with Gasteiger partial charge in [-0.2, -0.15) is 13.2 Å². The van der Waals surface area contributed by atoms with Crippen LogP contribution in [0, 0.1) is 0 Å². The Morgan fingerprint density at radius 3 is 2.44 bits per heavy atom. The minimum Gasteiger partial charge on any atom is -0.486 e. The van der Waals surface area contributed by atoms with E-state index in [1.54, 1.807) is 12.1 Å². The van der Waals surface area contributed by atoms with Crippen molar-refractivity contribution in [1.82, 2.24) is 5.32 Å². The lowest BCUT2D eigenvalue weighted by Crippen LogP contribution is -2.41. The van der Waals surface area contributed by atoms with E-state index in [4.69, 9.17) is 9.47 Å². The normalized spacial score (nSPS) is 16.4. The standard InChI is InChI=1S/C18H16F3NO3/c19-18(20,21)13-7-5-12(6-8-13)9-17(23)22-10-14-11-24-15-3-1-2-4-16(15)25-14/h1-8,14H,9-11H2,(H,22,23). The van der Waals surface area contributed by atoms with Gasteiger partial charge in [-0.15, -0.1) is 0 Å². The zero-order valence-electron chi connectivity index (χ0n) is 13.2. The summed E-state index contributed by atoms with van der Waals surface area (Å²) in [7, 11) is 0. The van der Waals surface area contributed by atoms with Gasteiger partial charge < -0.3 is 14.8 Å². The summed E-state index contributed by atoms with van der Waals surface area (Å²) in [5, 5.41) is 2.71. The molecule has 3 rings (SSSR count). The first-order valence-electron chi connectivity index (χ1n) is 7.73. The van der Waals surface area contributed by atoms with Crippen LogP contribution in [0.1, 0.15) is 11.1 Å². The average Bonchev–Trinajstić information content (AvgIpc) is 2.59. The summed E-state index contributed by atoms with van der Waals surface area (Å²) in [5.41, 5.74) is -0.222. The maximum absolute atomic E-state index is 12.5. The smallest absolute Gasteiger partial charge is 0.416 e. The summed E-state index contributed by atoms with van der Waals surface area (Å²) in [4.78, 5) is 12.0. The van der Waals surface area contributed by atoms with Crippen molar-refractivity contribution in [2.24, 2.45) is 0 Å². The van der Waals surface area contributed by atoms with Gasteiger partial charge in [0.2, 0.25) is 5.91 Å². The molecule has 0 saturated heterocycles.